The van der Waals surface area contributed by atoms with Crippen LogP contribution >= 0.6 is 0 Å². The number of anilines is 1. The van der Waals surface area contributed by atoms with E-state index in [2.05, 4.69) is 57.2 Å². The Hall–Kier alpha value is -3.71. The normalized spacial score (nSPS) is 22.5. The maximum atomic E-state index is 14.5. The van der Waals surface area contributed by atoms with Crippen molar-refractivity contribution < 1.29 is 24.2 Å². The van der Waals surface area contributed by atoms with Crippen molar-refractivity contribution >= 4 is 34.2 Å². The number of carboxylic acid groups (broad SMARTS) is 1. The fourth-order valence-corrected chi connectivity index (χ4v) is 6.85. The van der Waals surface area contributed by atoms with Gasteiger partial charge >= 0.3 is 5.97 Å². The second-order valence-corrected chi connectivity index (χ2v) is 13.3. The first-order valence-electron chi connectivity index (χ1n) is 15.2. The summed E-state index contributed by atoms with van der Waals surface area (Å²) in [5, 5.41) is 11.7. The number of aliphatic carboxylic acids is 1. The van der Waals surface area contributed by atoms with Crippen molar-refractivity contribution in [2.24, 2.45) is 11.3 Å². The zero-order valence-corrected chi connectivity index (χ0v) is 24.8. The van der Waals surface area contributed by atoms with Gasteiger partial charge in [-0.15, -0.1) is 0 Å². The molecule has 220 valence electrons. The number of ether oxygens (including phenoxy) is 1. The van der Waals surface area contributed by atoms with Gasteiger partial charge in [-0.25, -0.2) is 0 Å². The summed E-state index contributed by atoms with van der Waals surface area (Å²) in [6.45, 7) is 7.48. The van der Waals surface area contributed by atoms with Gasteiger partial charge in [0, 0.05) is 25.2 Å². The van der Waals surface area contributed by atoms with Gasteiger partial charge in [-0.2, -0.15) is 0 Å². The van der Waals surface area contributed by atoms with E-state index in [4.69, 9.17) is 4.74 Å². The van der Waals surface area contributed by atoms with Gasteiger partial charge in [0.25, 0.3) is 5.91 Å². The Morgan fingerprint density at radius 1 is 0.976 bits per heavy atom. The third kappa shape index (κ3) is 5.54. The highest BCUT2D eigenvalue weighted by Gasteiger charge is 2.41. The van der Waals surface area contributed by atoms with Crippen molar-refractivity contribution in [2.75, 3.05) is 24.5 Å². The first kappa shape index (κ1) is 28.4. The standard InChI is InChI=1S/C35H40N2O5/c1-35(2,3)21-37-29-18-24-12-6-11-23(24)17-28(29)32(27-15-7-10-22-9-4-5-14-26(22)27)42-30(33(37)39)19-31(38)36-16-8-13-25(20-36)34(40)41/h4-5,7,9-10,14-15,17-18,25,30,32H,6,8,11-13,16,19-21H2,1-3H3,(H,40,41)/t25?,30-,32-/m0/s1. The van der Waals surface area contributed by atoms with Gasteiger partial charge in [-0.1, -0.05) is 69.3 Å². The van der Waals surface area contributed by atoms with E-state index in [9.17, 15) is 19.5 Å². The summed E-state index contributed by atoms with van der Waals surface area (Å²) in [6.07, 6.45) is 2.60. The largest absolute Gasteiger partial charge is 0.481 e. The molecule has 1 unspecified atom stereocenters. The summed E-state index contributed by atoms with van der Waals surface area (Å²) < 4.78 is 6.83. The lowest BCUT2D eigenvalue weighted by Crippen LogP contribution is -2.47. The highest BCUT2D eigenvalue weighted by atomic mass is 16.5. The van der Waals surface area contributed by atoms with Crippen LogP contribution in [0.1, 0.15) is 74.8 Å². The fraction of sp³-hybridized carbons (Fsp3) is 0.457. The molecule has 42 heavy (non-hydrogen) atoms. The number of aryl methyl sites for hydroxylation is 2. The van der Waals surface area contributed by atoms with Gasteiger partial charge in [0.05, 0.1) is 18.0 Å². The van der Waals surface area contributed by atoms with Gasteiger partial charge in [0.15, 0.2) is 0 Å². The third-order valence-corrected chi connectivity index (χ3v) is 8.88. The van der Waals surface area contributed by atoms with Crippen molar-refractivity contribution in [1.82, 2.24) is 4.90 Å². The number of nitrogens with zero attached hydrogens (tertiary/aromatic N) is 2. The lowest BCUT2D eigenvalue weighted by Gasteiger charge is -2.33. The van der Waals surface area contributed by atoms with E-state index in [0.29, 0.717) is 25.9 Å². The Morgan fingerprint density at radius 3 is 2.48 bits per heavy atom. The zero-order valence-electron chi connectivity index (χ0n) is 24.8. The molecule has 3 aromatic carbocycles. The van der Waals surface area contributed by atoms with E-state index in [1.165, 1.54) is 11.1 Å². The average molecular weight is 569 g/mol. The van der Waals surface area contributed by atoms with E-state index >= 15 is 0 Å². The number of carboxylic acids is 1. The Balaban J connectivity index is 1.46. The van der Waals surface area contributed by atoms with Crippen molar-refractivity contribution in [3.63, 3.8) is 0 Å². The van der Waals surface area contributed by atoms with Crippen molar-refractivity contribution in [1.29, 1.82) is 0 Å². The number of rotatable bonds is 5. The van der Waals surface area contributed by atoms with Crippen LogP contribution in [0.2, 0.25) is 0 Å². The SMILES string of the molecule is CC(C)(C)CN1C(=O)[C@H](CC(=O)N2CCCC(C(=O)O)C2)O[C@@H](c2cccc3ccccc23)c2cc3c(cc21)CCC3. The van der Waals surface area contributed by atoms with Gasteiger partial charge in [-0.3, -0.25) is 14.4 Å². The lowest BCUT2D eigenvalue weighted by molar-refractivity contribution is -0.148. The molecule has 0 spiro atoms. The molecule has 3 aromatic rings. The summed E-state index contributed by atoms with van der Waals surface area (Å²) in [7, 11) is 0. The molecule has 2 amide bonds. The average Bonchev–Trinajstić information content (AvgIpc) is 3.40. The lowest BCUT2D eigenvalue weighted by atomic mass is 9.91. The Labute approximate surface area is 247 Å². The summed E-state index contributed by atoms with van der Waals surface area (Å²) in [4.78, 5) is 43.2. The van der Waals surface area contributed by atoms with Crippen LogP contribution in [0.5, 0.6) is 0 Å². The zero-order chi connectivity index (χ0) is 29.6. The molecule has 1 fully saturated rings. The highest BCUT2D eigenvalue weighted by molar-refractivity contribution is 6.01. The second-order valence-electron chi connectivity index (χ2n) is 13.3. The molecule has 0 aromatic heterocycles. The molecule has 7 heteroatoms. The molecule has 3 aliphatic rings. The predicted octanol–water partition coefficient (Wildman–Crippen LogP) is 5.91. The third-order valence-electron chi connectivity index (χ3n) is 8.88. The number of carbonyl (C=O) groups excluding carboxylic acids is 2. The molecule has 2 heterocycles. The minimum absolute atomic E-state index is 0.124. The summed E-state index contributed by atoms with van der Waals surface area (Å²) in [5.74, 6) is -1.92. The Morgan fingerprint density at radius 2 is 1.71 bits per heavy atom. The number of amides is 2. The molecule has 2 aliphatic heterocycles. The summed E-state index contributed by atoms with van der Waals surface area (Å²) in [5.41, 5.74) is 5.18. The van der Waals surface area contributed by atoms with E-state index < -0.39 is 24.1 Å². The number of carbonyl (C=O) groups is 3. The van der Waals surface area contributed by atoms with Gasteiger partial charge in [-0.05, 0) is 71.0 Å². The van der Waals surface area contributed by atoms with E-state index in [1.807, 2.05) is 23.1 Å². The maximum Gasteiger partial charge on any atom is 0.308 e. The van der Waals surface area contributed by atoms with Gasteiger partial charge < -0.3 is 19.6 Å². The van der Waals surface area contributed by atoms with Crippen LogP contribution < -0.4 is 4.90 Å². The highest BCUT2D eigenvalue weighted by Crippen LogP contribution is 2.44. The maximum absolute atomic E-state index is 14.5. The molecule has 7 nitrogen and oxygen atoms in total. The van der Waals surface area contributed by atoms with Crippen LogP contribution in [0.25, 0.3) is 10.8 Å². The molecule has 6 rings (SSSR count). The van der Waals surface area contributed by atoms with Crippen molar-refractivity contribution in [3.05, 3.63) is 76.9 Å². The van der Waals surface area contributed by atoms with Gasteiger partial charge in [0.2, 0.25) is 5.91 Å². The van der Waals surface area contributed by atoms with Gasteiger partial charge in [0.1, 0.15) is 12.2 Å². The van der Waals surface area contributed by atoms with E-state index in [-0.39, 0.29) is 30.2 Å². The molecule has 1 N–H and O–H groups in total. The fourth-order valence-electron chi connectivity index (χ4n) is 6.85. The van der Waals surface area contributed by atoms with Crippen LogP contribution in [0.15, 0.2) is 54.6 Å². The molecule has 0 saturated carbocycles. The number of fused-ring (bicyclic) bond motifs is 3. The van der Waals surface area contributed by atoms with Crippen LogP contribution in [0.3, 0.4) is 0 Å². The number of hydrogen-bond donors (Lipinski definition) is 1. The minimum Gasteiger partial charge on any atom is -0.481 e. The summed E-state index contributed by atoms with van der Waals surface area (Å²) in [6, 6.07) is 18.8. The Kier molecular flexibility index (Phi) is 7.56. The van der Waals surface area contributed by atoms with E-state index in [1.54, 1.807) is 4.90 Å². The number of benzene rings is 3. The Bertz CT molecular complexity index is 1530. The predicted molar refractivity (Wildman–Crippen MR) is 162 cm³/mol. The molecular weight excluding hydrogens is 528 g/mol. The minimum atomic E-state index is -1.00. The first-order chi connectivity index (χ1) is 20.1. The monoisotopic (exact) mass is 568 g/mol. The van der Waals surface area contributed by atoms with Crippen molar-refractivity contribution in [3.8, 4) is 0 Å². The van der Waals surface area contributed by atoms with Crippen LogP contribution in [-0.2, 0) is 32.0 Å². The first-order valence-corrected chi connectivity index (χ1v) is 15.2. The number of piperidine rings is 1. The molecular formula is C35H40N2O5. The van der Waals surface area contributed by atoms with E-state index in [0.717, 1.165) is 46.8 Å². The van der Waals surface area contributed by atoms with Crippen LogP contribution in [0, 0.1) is 11.3 Å². The number of likely N-dealkylation sites (tertiary alicyclic amines) is 1. The quantitative estimate of drug-likeness (QED) is 0.414. The topological polar surface area (TPSA) is 87.2 Å². The smallest absolute Gasteiger partial charge is 0.308 e. The molecule has 1 saturated heterocycles. The number of hydrogen-bond acceptors (Lipinski definition) is 4. The summed E-state index contributed by atoms with van der Waals surface area (Å²) >= 11 is 0. The molecule has 0 bridgehead atoms. The van der Waals surface area contributed by atoms with Crippen LogP contribution in [-0.4, -0.2) is 53.5 Å². The molecule has 3 atom stereocenters. The molecule has 1 aliphatic carbocycles. The molecule has 0 radical (unpaired) electrons. The van der Waals surface area contributed by atoms with Crippen molar-refractivity contribution in [2.45, 2.75) is 71.5 Å². The van der Waals surface area contributed by atoms with Crippen LogP contribution in [0.4, 0.5) is 5.69 Å². The second kappa shape index (κ2) is 11.2.